The van der Waals surface area contributed by atoms with Gasteiger partial charge in [-0.25, -0.2) is 4.98 Å². The summed E-state index contributed by atoms with van der Waals surface area (Å²) in [6, 6.07) is 8.20. The molecule has 6 N–H and O–H groups in total. The third-order valence-electron chi connectivity index (χ3n) is 5.34. The lowest BCUT2D eigenvalue weighted by Crippen LogP contribution is -2.31. The molecule has 0 bridgehead atoms. The van der Waals surface area contributed by atoms with Crippen molar-refractivity contribution in [1.82, 2.24) is 14.5 Å². The molecule has 4 rings (SSSR count). The van der Waals surface area contributed by atoms with Gasteiger partial charge in [-0.1, -0.05) is 23.7 Å². The quantitative estimate of drug-likeness (QED) is 0.318. The summed E-state index contributed by atoms with van der Waals surface area (Å²) >= 11 is 5.90. The van der Waals surface area contributed by atoms with E-state index in [4.69, 9.17) is 17.4 Å². The van der Waals surface area contributed by atoms with Gasteiger partial charge in [0.15, 0.2) is 5.49 Å². The van der Waals surface area contributed by atoms with Crippen molar-refractivity contribution in [1.29, 1.82) is 0 Å². The molecule has 28 heavy (non-hydrogen) atoms. The summed E-state index contributed by atoms with van der Waals surface area (Å²) < 4.78 is 1.83. The van der Waals surface area contributed by atoms with Gasteiger partial charge in [0.25, 0.3) is 0 Å². The predicted molar refractivity (Wildman–Crippen MR) is 107 cm³/mol. The van der Waals surface area contributed by atoms with E-state index >= 15 is 0 Å². The van der Waals surface area contributed by atoms with Gasteiger partial charge in [-0.05, 0) is 30.2 Å². The number of halogens is 2. The molecule has 1 aliphatic rings. The van der Waals surface area contributed by atoms with Gasteiger partial charge < -0.3 is 30.7 Å². The minimum atomic E-state index is -1.07. The molecule has 0 spiro atoms. The first kappa shape index (κ1) is 20.6. The molecule has 1 aromatic carbocycles. The van der Waals surface area contributed by atoms with E-state index in [0.717, 1.165) is 0 Å². The fourth-order valence-corrected chi connectivity index (χ4v) is 4.05. The highest BCUT2D eigenvalue weighted by Gasteiger charge is 2.46. The summed E-state index contributed by atoms with van der Waals surface area (Å²) in [4.78, 5) is 7.10. The number of nitrogens with two attached hydrogens (primary N) is 1. The average molecular weight is 426 g/mol. The lowest BCUT2D eigenvalue weighted by molar-refractivity contribution is -0.0264. The van der Waals surface area contributed by atoms with Crippen molar-refractivity contribution in [2.45, 2.75) is 30.8 Å². The van der Waals surface area contributed by atoms with E-state index in [1.54, 1.807) is 36.5 Å². The Bertz CT molecular complexity index is 1020. The van der Waals surface area contributed by atoms with E-state index in [-0.39, 0.29) is 12.4 Å². The Kier molecular flexibility index (Phi) is 5.97. The maximum atomic E-state index is 10.7. The standard InChI is InChI=1S/C18H20ClN5O3.ClH/c19-10-3-1-9(2-4-10)14(25)12-7-13(16(27)15(12)26)24-6-5-11-17(23-20)21-8-22-18(11)24;/h1-6,8,12-16,25-27H,7,20H2,(H,21,22,23);1H/t12-,13-,14?,15-,16+;/m1./s1. The normalized spacial score (nSPS) is 26.4. The fourth-order valence-electron chi connectivity index (χ4n) is 3.92. The lowest BCUT2D eigenvalue weighted by Gasteiger charge is -2.22. The third kappa shape index (κ3) is 3.38. The van der Waals surface area contributed by atoms with Crippen molar-refractivity contribution in [3.05, 3.63) is 58.9 Å². The first-order valence-electron chi connectivity index (χ1n) is 8.59. The van der Waals surface area contributed by atoms with Crippen LogP contribution in [0.25, 0.3) is 11.0 Å². The maximum Gasteiger partial charge on any atom is 0.183 e. The first-order valence-corrected chi connectivity index (χ1v) is 8.97. The van der Waals surface area contributed by atoms with Crippen molar-refractivity contribution < 1.29 is 15.3 Å². The van der Waals surface area contributed by atoms with E-state index in [1.807, 2.05) is 4.57 Å². The molecule has 0 saturated heterocycles. The van der Waals surface area contributed by atoms with Crippen molar-refractivity contribution in [2.75, 3.05) is 0 Å². The number of aliphatic hydroxyl groups is 3. The number of benzene rings is 1. The van der Waals surface area contributed by atoms with Gasteiger partial charge in [-0.15, -0.1) is 12.4 Å². The minimum Gasteiger partial charge on any atom is -0.390 e. The molecule has 1 fully saturated rings. The number of nitrogens with zero attached hydrogens (tertiary/aromatic N) is 3. The van der Waals surface area contributed by atoms with E-state index in [0.29, 0.717) is 33.5 Å². The largest absolute Gasteiger partial charge is 0.390 e. The number of aromatic nitrogens is 3. The van der Waals surface area contributed by atoms with Gasteiger partial charge in [-0.3, -0.25) is 0 Å². The van der Waals surface area contributed by atoms with Crippen LogP contribution >= 0.6 is 24.0 Å². The Morgan fingerprint density at radius 1 is 1.21 bits per heavy atom. The van der Waals surface area contributed by atoms with Crippen LogP contribution in [-0.2, 0) is 0 Å². The van der Waals surface area contributed by atoms with Crippen molar-refractivity contribution in [3.63, 3.8) is 0 Å². The van der Waals surface area contributed by atoms with Crippen molar-refractivity contribution in [2.24, 2.45) is 16.9 Å². The summed E-state index contributed by atoms with van der Waals surface area (Å²) in [6.07, 6.45) is 0.628. The zero-order valence-electron chi connectivity index (χ0n) is 14.7. The first-order chi connectivity index (χ1) is 13.0. The number of fused-ring (bicyclic) bond motifs is 1. The Balaban J connectivity index is 0.00000225. The van der Waals surface area contributed by atoms with Gasteiger partial charge in [0.2, 0.25) is 0 Å². The minimum absolute atomic E-state index is 0. The zero-order chi connectivity index (χ0) is 19.1. The second-order valence-electron chi connectivity index (χ2n) is 6.79. The van der Waals surface area contributed by atoms with Gasteiger partial charge in [0.05, 0.1) is 30.0 Å². The molecule has 2 aromatic heterocycles. The number of hydrogen-bond donors (Lipinski definition) is 5. The highest BCUT2D eigenvalue weighted by molar-refractivity contribution is 6.30. The summed E-state index contributed by atoms with van der Waals surface area (Å²) in [7, 11) is 0. The maximum absolute atomic E-state index is 10.7. The fraction of sp³-hybridized carbons (Fsp3) is 0.333. The molecule has 8 nitrogen and oxygen atoms in total. The van der Waals surface area contributed by atoms with Crippen molar-refractivity contribution >= 4 is 35.0 Å². The van der Waals surface area contributed by atoms with Crippen LogP contribution in [0.2, 0.25) is 5.02 Å². The molecule has 0 amide bonds. The molecule has 0 radical (unpaired) electrons. The molecular weight excluding hydrogens is 405 g/mol. The Morgan fingerprint density at radius 3 is 2.61 bits per heavy atom. The van der Waals surface area contributed by atoms with Crippen LogP contribution in [0.1, 0.15) is 24.1 Å². The number of rotatable bonds is 3. The molecule has 3 aromatic rings. The molecule has 1 aliphatic carbocycles. The summed E-state index contributed by atoms with van der Waals surface area (Å²) in [5, 5.41) is 36.9. The van der Waals surface area contributed by atoms with Gasteiger partial charge in [0, 0.05) is 17.1 Å². The van der Waals surface area contributed by atoms with Crippen molar-refractivity contribution in [3.8, 4) is 0 Å². The Morgan fingerprint density at radius 2 is 1.93 bits per heavy atom. The van der Waals surface area contributed by atoms with E-state index < -0.39 is 30.3 Å². The second-order valence-corrected chi connectivity index (χ2v) is 7.22. The van der Waals surface area contributed by atoms with Crippen LogP contribution in [0, 0.1) is 5.92 Å². The van der Waals surface area contributed by atoms with Crippen LogP contribution in [0.15, 0.2) is 48.0 Å². The van der Waals surface area contributed by atoms with Crippen LogP contribution < -0.4 is 11.3 Å². The molecule has 5 atom stereocenters. The molecule has 2 heterocycles. The van der Waals surface area contributed by atoms with Gasteiger partial charge in [-0.2, -0.15) is 5.10 Å². The predicted octanol–water partition coefficient (Wildman–Crippen LogP) is 1.23. The van der Waals surface area contributed by atoms with Gasteiger partial charge >= 0.3 is 0 Å². The van der Waals surface area contributed by atoms with Gasteiger partial charge in [0.1, 0.15) is 11.8 Å². The van der Waals surface area contributed by atoms with Crippen LogP contribution in [0.5, 0.6) is 0 Å². The number of nitrogens with one attached hydrogen (secondary N) is 1. The van der Waals surface area contributed by atoms with Crippen LogP contribution in [0.3, 0.4) is 0 Å². The SMILES string of the molecule is Cl.NN=c1nc[nH]c2c1ccn2[C@@H]1C[C@H](C(O)c2ccc(Cl)cc2)[C@@H](O)[C@H]1O. The monoisotopic (exact) mass is 425 g/mol. The van der Waals surface area contributed by atoms with E-state index in [1.165, 1.54) is 6.33 Å². The highest BCUT2D eigenvalue weighted by Crippen LogP contribution is 2.42. The second kappa shape index (κ2) is 8.10. The summed E-state index contributed by atoms with van der Waals surface area (Å²) in [6.45, 7) is 0. The lowest BCUT2D eigenvalue weighted by atomic mass is 9.92. The summed E-state index contributed by atoms with van der Waals surface area (Å²) in [5.41, 5.74) is 1.72. The molecule has 0 aliphatic heterocycles. The van der Waals surface area contributed by atoms with Crippen LogP contribution in [-0.4, -0.2) is 42.1 Å². The zero-order valence-corrected chi connectivity index (χ0v) is 16.3. The molecule has 10 heteroatoms. The number of aromatic amines is 1. The molecular formula is C18H21Cl2N5O3. The average Bonchev–Trinajstić information content (AvgIpc) is 3.23. The Labute approximate surface area is 171 Å². The van der Waals surface area contributed by atoms with Crippen LogP contribution in [0.4, 0.5) is 0 Å². The topological polar surface area (TPSA) is 133 Å². The number of H-pyrrole nitrogens is 1. The Hall–Kier alpha value is -2.10. The van der Waals surface area contributed by atoms with E-state index in [2.05, 4.69) is 15.1 Å². The van der Waals surface area contributed by atoms with E-state index in [9.17, 15) is 15.3 Å². The highest BCUT2D eigenvalue weighted by atomic mass is 35.5. The third-order valence-corrected chi connectivity index (χ3v) is 5.59. The number of hydrogen-bond acceptors (Lipinski definition) is 6. The smallest absolute Gasteiger partial charge is 0.183 e. The summed E-state index contributed by atoms with van der Waals surface area (Å²) in [5.74, 6) is 4.85. The molecule has 150 valence electrons. The molecule has 1 saturated carbocycles. The molecule has 1 unspecified atom stereocenters. The number of aliphatic hydroxyl groups excluding tert-OH is 3.